The summed E-state index contributed by atoms with van der Waals surface area (Å²) in [5.41, 5.74) is 0. The van der Waals surface area contributed by atoms with E-state index in [9.17, 15) is 0 Å². The molecule has 0 bridgehead atoms. The molecule has 0 spiro atoms. The fourth-order valence-corrected chi connectivity index (χ4v) is 0. The third-order valence-electron chi connectivity index (χ3n) is 0. The molecule has 0 saturated heterocycles. The van der Waals surface area contributed by atoms with Crippen molar-refractivity contribution in [3.05, 3.63) is 0 Å². The summed E-state index contributed by atoms with van der Waals surface area (Å²) in [6, 6.07) is 0. The van der Waals surface area contributed by atoms with E-state index in [0.29, 0.717) is 0 Å². The summed E-state index contributed by atoms with van der Waals surface area (Å²) in [6.07, 6.45) is 0. The zero-order valence-electron chi connectivity index (χ0n) is 2.30. The first-order valence-electron chi connectivity index (χ1n) is 0.644. The van der Waals surface area contributed by atoms with E-state index < -0.39 is 23.2 Å². The molecule has 0 rings (SSSR count). The van der Waals surface area contributed by atoms with E-state index in [0.717, 1.165) is 0 Å². The molecule has 0 amide bonds. The van der Waals surface area contributed by atoms with Crippen molar-refractivity contribution in [1.29, 1.82) is 0 Å². The van der Waals surface area contributed by atoms with Crippen molar-refractivity contribution in [2.75, 3.05) is 0 Å². The Bertz CT molecular complexity index is 40.1. The first-order chi connectivity index (χ1) is 2.41. The van der Waals surface area contributed by atoms with Crippen LogP contribution in [0.3, 0.4) is 0 Å². The third kappa shape index (κ3) is 37.3. The summed E-state index contributed by atoms with van der Waals surface area (Å²) < 4.78 is 25.5. The average molecular weight is 308 g/mol. The zero-order valence-corrected chi connectivity index (χ0v) is 8.39. The van der Waals surface area contributed by atoms with Crippen LogP contribution in [-0.4, -0.2) is 17.4 Å². The summed E-state index contributed by atoms with van der Waals surface area (Å²) in [6.45, 7) is 0. The van der Waals surface area contributed by atoms with Crippen molar-refractivity contribution < 1.29 is 64.4 Å². The minimum atomic E-state index is -2.27. The summed E-state index contributed by atoms with van der Waals surface area (Å²) >= 11 is -2.35. The van der Waals surface area contributed by atoms with E-state index in [1.165, 1.54) is 0 Å². The Morgan fingerprint density at radius 3 is 1.17 bits per heavy atom. The van der Waals surface area contributed by atoms with Gasteiger partial charge in [-0.2, -0.15) is 0 Å². The Kier molecular flexibility index (Phi) is 73.0. The second-order valence-corrected chi connectivity index (χ2v) is 0.493. The van der Waals surface area contributed by atoms with Crippen LogP contribution in [0.5, 0.6) is 0 Å². The van der Waals surface area contributed by atoms with Gasteiger partial charge in [-0.25, -0.2) is 0 Å². The second-order valence-electron chi connectivity index (χ2n) is 0.0833. The minimum absolute atomic E-state index is 0. The molecule has 3 nitrogen and oxygen atoms in total. The first kappa shape index (κ1) is 15.7. The van der Waals surface area contributed by atoms with E-state index in [1.807, 2.05) is 0 Å². The molecule has 0 N–H and O–H groups in total. The molecule has 0 aliphatic carbocycles. The van der Waals surface area contributed by atoms with Gasteiger partial charge in [0.15, 0.2) is 17.4 Å². The van der Waals surface area contributed by atoms with Crippen molar-refractivity contribution >= 4 is 17.4 Å². The van der Waals surface area contributed by atoms with Crippen LogP contribution in [0.25, 0.3) is 0 Å². The Labute approximate surface area is 80.2 Å². The van der Waals surface area contributed by atoms with Crippen molar-refractivity contribution in [2.45, 2.75) is 0 Å². The van der Waals surface area contributed by atoms with Gasteiger partial charge in [0, 0.05) is 0 Å². The Hall–Kier alpha value is 2.01. The molecule has 0 aromatic rings. The van der Waals surface area contributed by atoms with Gasteiger partial charge in [0.2, 0.25) is 0 Å². The van der Waals surface area contributed by atoms with Gasteiger partial charge in [-0.15, -0.1) is 0 Å². The van der Waals surface area contributed by atoms with Gasteiger partial charge in [0.05, 0.1) is 0 Å². The molecule has 0 saturated carbocycles. The number of hydrogen-bond acceptors (Lipinski definition) is 3. The van der Waals surface area contributed by atoms with Crippen LogP contribution >= 0.6 is 0 Å². The summed E-state index contributed by atoms with van der Waals surface area (Å²) in [4.78, 5) is 0. The van der Waals surface area contributed by atoms with E-state index in [-0.39, 0.29) is 51.2 Å². The normalized spacial score (nSPS) is 2.33. The standard InChI is InChI=1S/Al.La.3O.Zr.3H. The third-order valence-corrected chi connectivity index (χ3v) is 0. The predicted octanol–water partition coefficient (Wildman–Crippen LogP) is -1.54. The fourth-order valence-electron chi connectivity index (χ4n) is 0. The molecule has 0 atom stereocenters. The van der Waals surface area contributed by atoms with E-state index in [1.54, 1.807) is 0 Å². The Balaban J connectivity index is -0.0000000275. The molecule has 0 radical (unpaired) electrons. The first-order valence-corrected chi connectivity index (χ1v) is 4.13. The maximum absolute atomic E-state index is 8.54. The van der Waals surface area contributed by atoms with Gasteiger partial charge in [-0.3, -0.25) is 0 Å². The molecular weight excluding hydrogens is 305 g/mol. The topological polar surface area (TPSA) is 51.2 Å². The molecular formula is H3AlLaO3Zr. The van der Waals surface area contributed by atoms with Gasteiger partial charge in [0.1, 0.15) is 0 Å². The molecule has 6 heteroatoms. The van der Waals surface area contributed by atoms with Crippen LogP contribution in [0, 0.1) is 33.8 Å². The number of hydrogen-bond donors (Lipinski definition) is 0. The molecule has 0 heterocycles. The summed E-state index contributed by atoms with van der Waals surface area (Å²) in [7, 11) is 0. The molecule has 0 aliphatic heterocycles. The molecule has 0 aliphatic rings. The van der Waals surface area contributed by atoms with Crippen LogP contribution in [0.1, 0.15) is 0 Å². The Morgan fingerprint density at radius 2 is 1.17 bits per heavy atom. The fraction of sp³-hybridized carbons (Fsp3) is 0. The number of rotatable bonds is 0. The predicted molar refractivity (Wildman–Crippen MR) is 12.0 cm³/mol. The van der Waals surface area contributed by atoms with Crippen LogP contribution < -0.4 is 0 Å². The molecule has 0 fully saturated rings. The van der Waals surface area contributed by atoms with Crippen molar-refractivity contribution in [3.8, 4) is 0 Å². The van der Waals surface area contributed by atoms with Gasteiger partial charge < -0.3 is 0 Å². The van der Waals surface area contributed by atoms with Gasteiger partial charge in [0.25, 0.3) is 0 Å². The molecule has 31 valence electrons. The summed E-state index contributed by atoms with van der Waals surface area (Å²) in [5.74, 6) is 0. The van der Waals surface area contributed by atoms with E-state index in [2.05, 4.69) is 0 Å². The van der Waals surface area contributed by atoms with Crippen LogP contribution in [0.15, 0.2) is 0 Å². The quantitative estimate of drug-likeness (QED) is 0.510. The SMILES string of the molecule is [AlH3].[O]=[La].[O]=[Zr]=[O]. The second kappa shape index (κ2) is 27.9. The average Bonchev–Trinajstić information content (AvgIpc) is 1.46. The van der Waals surface area contributed by atoms with Gasteiger partial charge in [-0.05, 0) is 0 Å². The van der Waals surface area contributed by atoms with Crippen molar-refractivity contribution in [3.63, 3.8) is 0 Å². The van der Waals surface area contributed by atoms with Crippen molar-refractivity contribution in [2.24, 2.45) is 0 Å². The van der Waals surface area contributed by atoms with Crippen LogP contribution in [0.4, 0.5) is 0 Å². The summed E-state index contributed by atoms with van der Waals surface area (Å²) in [5, 5.41) is 0. The van der Waals surface area contributed by atoms with Crippen LogP contribution in [-0.2, 0) is 30.6 Å². The molecule has 0 unspecified atom stereocenters. The Morgan fingerprint density at radius 1 is 1.17 bits per heavy atom. The monoisotopic (exact) mass is 307 g/mol. The van der Waals surface area contributed by atoms with Gasteiger partial charge in [-0.1, -0.05) is 0 Å². The van der Waals surface area contributed by atoms with E-state index >= 15 is 0 Å². The molecule has 0 aromatic carbocycles. The van der Waals surface area contributed by atoms with Crippen LogP contribution in [0.2, 0.25) is 0 Å². The molecule has 0 aromatic heterocycles. The maximum atomic E-state index is 8.54. The van der Waals surface area contributed by atoms with Crippen molar-refractivity contribution in [1.82, 2.24) is 0 Å². The molecule has 6 heavy (non-hydrogen) atoms. The zero-order chi connectivity index (χ0) is 4.71. The van der Waals surface area contributed by atoms with Gasteiger partial charge >= 0.3 is 64.4 Å². The van der Waals surface area contributed by atoms with E-state index in [4.69, 9.17) is 7.32 Å².